The minimum atomic E-state index is -0.304. The van der Waals surface area contributed by atoms with Gasteiger partial charge in [0.15, 0.2) is 0 Å². The quantitative estimate of drug-likeness (QED) is 0.345. The molecule has 0 aliphatic rings. The van der Waals surface area contributed by atoms with Crippen LogP contribution in [0.4, 0.5) is 0 Å². The average Bonchev–Trinajstić information content (AvgIpc) is 2.39. The van der Waals surface area contributed by atoms with Crippen LogP contribution in [0.2, 0.25) is 0 Å². The first-order valence-electron chi connectivity index (χ1n) is 6.08. The van der Waals surface area contributed by atoms with Crippen LogP contribution >= 0.6 is 11.8 Å². The van der Waals surface area contributed by atoms with E-state index in [1.54, 1.807) is 29.7 Å². The Morgan fingerprint density at radius 1 is 1.32 bits per heavy atom. The van der Waals surface area contributed by atoms with Crippen molar-refractivity contribution in [2.24, 2.45) is 0 Å². The molecular weight excluding hydrogens is 258 g/mol. The molecule has 1 aromatic carbocycles. The van der Waals surface area contributed by atoms with Crippen molar-refractivity contribution >= 4 is 17.7 Å². The largest absolute Gasteiger partial charge is 0.461 e. The van der Waals surface area contributed by atoms with E-state index in [0.29, 0.717) is 12.3 Å². The number of nitrogens with zero attached hydrogens (tertiary/aromatic N) is 1. The van der Waals surface area contributed by atoms with E-state index >= 15 is 0 Å². The SMILES string of the molecule is CCOC(=O)C(=CC=CSc1ccccc1)N(C)C. The molecule has 1 aromatic rings. The lowest BCUT2D eigenvalue weighted by atomic mass is 10.3. The number of benzene rings is 1. The molecule has 3 nitrogen and oxygen atoms in total. The zero-order valence-corrected chi connectivity index (χ0v) is 12.3. The molecular formula is C15H19NO2S. The van der Waals surface area contributed by atoms with Gasteiger partial charge in [-0.15, -0.1) is 0 Å². The molecule has 19 heavy (non-hydrogen) atoms. The van der Waals surface area contributed by atoms with E-state index in [2.05, 4.69) is 0 Å². The van der Waals surface area contributed by atoms with Gasteiger partial charge < -0.3 is 9.64 Å². The molecule has 1 rings (SSSR count). The Labute approximate surface area is 118 Å². The van der Waals surface area contributed by atoms with Crippen molar-refractivity contribution in [3.05, 3.63) is 53.6 Å². The van der Waals surface area contributed by atoms with Gasteiger partial charge in [0.05, 0.1) is 6.61 Å². The van der Waals surface area contributed by atoms with Gasteiger partial charge in [-0.1, -0.05) is 36.0 Å². The van der Waals surface area contributed by atoms with Crippen LogP contribution in [-0.4, -0.2) is 31.6 Å². The molecule has 0 fully saturated rings. The van der Waals surface area contributed by atoms with E-state index in [1.807, 2.05) is 55.9 Å². The molecule has 4 heteroatoms. The molecule has 0 saturated carbocycles. The van der Waals surface area contributed by atoms with Gasteiger partial charge in [0.25, 0.3) is 0 Å². The molecule has 0 heterocycles. The highest BCUT2D eigenvalue weighted by Gasteiger charge is 2.10. The summed E-state index contributed by atoms with van der Waals surface area (Å²) in [6.07, 6.45) is 3.61. The third-order valence-corrected chi connectivity index (χ3v) is 3.08. The predicted octanol–water partition coefficient (Wildman–Crippen LogP) is 3.30. The first-order chi connectivity index (χ1) is 9.15. The fourth-order valence-electron chi connectivity index (χ4n) is 1.35. The number of ether oxygens (including phenoxy) is 1. The molecule has 0 radical (unpaired) electrons. The van der Waals surface area contributed by atoms with Crippen LogP contribution in [0.5, 0.6) is 0 Å². The van der Waals surface area contributed by atoms with Crippen molar-refractivity contribution in [1.29, 1.82) is 0 Å². The maximum absolute atomic E-state index is 11.7. The monoisotopic (exact) mass is 277 g/mol. The molecule has 0 aromatic heterocycles. The molecule has 0 saturated heterocycles. The standard InChI is InChI=1S/C15H19NO2S/c1-4-18-15(17)14(16(2)3)11-8-12-19-13-9-6-5-7-10-13/h5-12H,4H2,1-3H3. The van der Waals surface area contributed by atoms with Crippen LogP contribution in [0, 0.1) is 0 Å². The summed E-state index contributed by atoms with van der Waals surface area (Å²) >= 11 is 1.60. The Morgan fingerprint density at radius 3 is 2.58 bits per heavy atom. The Balaban J connectivity index is 2.63. The van der Waals surface area contributed by atoms with Crippen LogP contribution < -0.4 is 0 Å². The molecule has 0 aliphatic carbocycles. The Morgan fingerprint density at radius 2 is 2.00 bits per heavy atom. The number of likely N-dealkylation sites (N-methyl/N-ethyl adjacent to an activating group) is 1. The van der Waals surface area contributed by atoms with E-state index in [-0.39, 0.29) is 5.97 Å². The Bertz CT molecular complexity index is 452. The van der Waals surface area contributed by atoms with Crippen molar-refractivity contribution in [2.75, 3.05) is 20.7 Å². The molecule has 0 atom stereocenters. The van der Waals surface area contributed by atoms with Crippen molar-refractivity contribution in [2.45, 2.75) is 11.8 Å². The third kappa shape index (κ3) is 5.66. The molecule has 0 amide bonds. The highest BCUT2D eigenvalue weighted by molar-refractivity contribution is 8.02. The second-order valence-electron chi connectivity index (χ2n) is 3.93. The maximum atomic E-state index is 11.7. The normalized spacial score (nSPS) is 11.6. The number of thioether (sulfide) groups is 1. The molecule has 0 spiro atoms. The van der Waals surface area contributed by atoms with E-state index in [0.717, 1.165) is 4.90 Å². The zero-order chi connectivity index (χ0) is 14.1. The van der Waals surface area contributed by atoms with Gasteiger partial charge in [-0.25, -0.2) is 4.79 Å². The fourth-order valence-corrected chi connectivity index (χ4v) is 1.98. The van der Waals surface area contributed by atoms with Gasteiger partial charge in [-0.3, -0.25) is 0 Å². The summed E-state index contributed by atoms with van der Waals surface area (Å²) in [5.41, 5.74) is 0.534. The van der Waals surface area contributed by atoms with E-state index in [1.165, 1.54) is 0 Å². The number of rotatable bonds is 6. The average molecular weight is 277 g/mol. The Kier molecular flexibility index (Phi) is 6.82. The first-order valence-corrected chi connectivity index (χ1v) is 6.96. The highest BCUT2D eigenvalue weighted by Crippen LogP contribution is 2.18. The zero-order valence-electron chi connectivity index (χ0n) is 11.5. The predicted molar refractivity (Wildman–Crippen MR) is 79.8 cm³/mol. The first kappa shape index (κ1) is 15.4. The molecule has 0 N–H and O–H groups in total. The van der Waals surface area contributed by atoms with Crippen molar-refractivity contribution in [1.82, 2.24) is 4.90 Å². The van der Waals surface area contributed by atoms with Gasteiger partial charge in [0.1, 0.15) is 5.70 Å². The number of carbonyl (C=O) groups excluding carboxylic acids is 1. The van der Waals surface area contributed by atoms with Crippen LogP contribution in [0.1, 0.15) is 6.92 Å². The Hall–Kier alpha value is -1.68. The van der Waals surface area contributed by atoms with Crippen LogP contribution in [-0.2, 0) is 9.53 Å². The van der Waals surface area contributed by atoms with Crippen LogP contribution in [0.15, 0.2) is 58.5 Å². The molecule has 0 aliphatic heterocycles. The van der Waals surface area contributed by atoms with Gasteiger partial charge in [0.2, 0.25) is 0 Å². The molecule has 102 valence electrons. The highest BCUT2D eigenvalue weighted by atomic mass is 32.2. The minimum absolute atomic E-state index is 0.304. The topological polar surface area (TPSA) is 29.5 Å². The lowest BCUT2D eigenvalue weighted by Crippen LogP contribution is -2.21. The van der Waals surface area contributed by atoms with E-state index in [4.69, 9.17) is 4.74 Å². The second kappa shape index (κ2) is 8.43. The molecule has 0 unspecified atom stereocenters. The van der Waals surface area contributed by atoms with E-state index < -0.39 is 0 Å². The summed E-state index contributed by atoms with van der Waals surface area (Å²) in [7, 11) is 3.64. The van der Waals surface area contributed by atoms with Crippen LogP contribution in [0.25, 0.3) is 0 Å². The van der Waals surface area contributed by atoms with Gasteiger partial charge >= 0.3 is 5.97 Å². The summed E-state index contributed by atoms with van der Waals surface area (Å²) in [4.78, 5) is 14.6. The number of esters is 1. The lowest BCUT2D eigenvalue weighted by Gasteiger charge is -2.14. The van der Waals surface area contributed by atoms with Crippen LogP contribution in [0.3, 0.4) is 0 Å². The summed E-state index contributed by atoms with van der Waals surface area (Å²) in [5, 5.41) is 1.94. The molecule has 0 bridgehead atoms. The van der Waals surface area contributed by atoms with Gasteiger partial charge in [0, 0.05) is 19.0 Å². The maximum Gasteiger partial charge on any atom is 0.354 e. The van der Waals surface area contributed by atoms with E-state index in [9.17, 15) is 4.79 Å². The number of carbonyl (C=O) groups is 1. The minimum Gasteiger partial charge on any atom is -0.461 e. The summed E-state index contributed by atoms with van der Waals surface area (Å²) in [5.74, 6) is -0.304. The lowest BCUT2D eigenvalue weighted by molar-refractivity contribution is -0.140. The van der Waals surface area contributed by atoms with Crippen molar-refractivity contribution in [3.63, 3.8) is 0 Å². The third-order valence-electron chi connectivity index (χ3n) is 2.25. The smallest absolute Gasteiger partial charge is 0.354 e. The number of allylic oxidation sites excluding steroid dienone is 2. The summed E-state index contributed by atoms with van der Waals surface area (Å²) in [6, 6.07) is 10.1. The second-order valence-corrected chi connectivity index (χ2v) is 4.91. The van der Waals surface area contributed by atoms with Gasteiger partial charge in [-0.05, 0) is 30.5 Å². The summed E-state index contributed by atoms with van der Waals surface area (Å²) in [6.45, 7) is 2.18. The van der Waals surface area contributed by atoms with Gasteiger partial charge in [-0.2, -0.15) is 0 Å². The van der Waals surface area contributed by atoms with Crippen molar-refractivity contribution < 1.29 is 9.53 Å². The fraction of sp³-hybridized carbons (Fsp3) is 0.267. The summed E-state index contributed by atoms with van der Waals surface area (Å²) < 4.78 is 4.99. The van der Waals surface area contributed by atoms with Crippen molar-refractivity contribution in [3.8, 4) is 0 Å². The number of hydrogen-bond donors (Lipinski definition) is 0. The number of hydrogen-bond acceptors (Lipinski definition) is 4.